The van der Waals surface area contributed by atoms with Crippen molar-refractivity contribution in [3.63, 3.8) is 0 Å². The minimum absolute atomic E-state index is 0. The number of rotatable bonds is 9. The molecular formula is C24H25Cl2FIN5O2. The van der Waals surface area contributed by atoms with E-state index < -0.39 is 5.95 Å². The first-order valence-electron chi connectivity index (χ1n) is 10.6. The number of halogens is 4. The third-order valence-electron chi connectivity index (χ3n) is 5.22. The highest BCUT2D eigenvalue weighted by molar-refractivity contribution is 14.1. The Hall–Kier alpha value is -2.34. The normalized spacial score (nSPS) is 10.6. The van der Waals surface area contributed by atoms with Crippen LogP contribution in [0.5, 0.6) is 5.75 Å². The van der Waals surface area contributed by atoms with Crippen LogP contribution in [-0.4, -0.2) is 58.5 Å². The predicted molar refractivity (Wildman–Crippen MR) is 148 cm³/mol. The number of ether oxygens (including phenoxy) is 1. The molecule has 0 atom stereocenters. The Morgan fingerprint density at radius 3 is 2.66 bits per heavy atom. The topological polar surface area (TPSA) is 80.2 Å². The van der Waals surface area contributed by atoms with Crippen LogP contribution in [0.1, 0.15) is 17.3 Å². The zero-order chi connectivity index (χ0) is 23.2. The van der Waals surface area contributed by atoms with Crippen LogP contribution in [0, 0.1) is 9.52 Å². The third-order valence-corrected chi connectivity index (χ3v) is 5.89. The van der Waals surface area contributed by atoms with E-state index in [9.17, 15) is 9.18 Å². The standard InChI is InChI=1S/C24H23FIN5O2.2ClH/c1-2-31(13-14-33-21-7-4-10-27-23(21)25)12-11-28-24(32)17-5-3-6-19-22(17)30-18-9-8-16(26)15-20(18)29-19;;/h3-10,15H,2,11-14H2,1H3,(H,28,32);2*1H/i26-2;;. The van der Waals surface area contributed by atoms with Gasteiger partial charge in [-0.25, -0.2) is 15.0 Å². The second kappa shape index (κ2) is 13.7. The molecule has 186 valence electrons. The number of benzene rings is 2. The number of carbonyl (C=O) groups excluding carboxylic acids is 1. The Balaban J connectivity index is 0.00000216. The first-order valence-corrected chi connectivity index (χ1v) is 11.7. The Labute approximate surface area is 228 Å². The van der Waals surface area contributed by atoms with Crippen LogP contribution in [-0.2, 0) is 0 Å². The van der Waals surface area contributed by atoms with Crippen LogP contribution in [0.25, 0.3) is 22.1 Å². The lowest BCUT2D eigenvalue weighted by Gasteiger charge is -2.20. The summed E-state index contributed by atoms with van der Waals surface area (Å²) >= 11 is 2.24. The van der Waals surface area contributed by atoms with Crippen LogP contribution < -0.4 is 10.1 Å². The molecule has 0 aliphatic rings. The summed E-state index contributed by atoms with van der Waals surface area (Å²) in [6.45, 7) is 4.83. The molecular weight excluding hydrogens is 605 g/mol. The first kappa shape index (κ1) is 28.9. The van der Waals surface area contributed by atoms with Crippen LogP contribution in [0.3, 0.4) is 0 Å². The van der Waals surface area contributed by atoms with Crippen molar-refractivity contribution in [1.29, 1.82) is 0 Å². The van der Waals surface area contributed by atoms with E-state index in [-0.39, 0.29) is 36.5 Å². The summed E-state index contributed by atoms with van der Waals surface area (Å²) in [5, 5.41) is 2.97. The molecule has 1 N–H and O–H groups in total. The number of hydrogen-bond donors (Lipinski definition) is 1. The van der Waals surface area contributed by atoms with Gasteiger partial charge in [-0.2, -0.15) is 4.39 Å². The third kappa shape index (κ3) is 7.33. The van der Waals surface area contributed by atoms with Gasteiger partial charge in [-0.3, -0.25) is 9.69 Å². The van der Waals surface area contributed by atoms with E-state index in [1.165, 1.54) is 6.20 Å². The number of fused-ring (bicyclic) bond motifs is 2. The fourth-order valence-corrected chi connectivity index (χ4v) is 3.94. The summed E-state index contributed by atoms with van der Waals surface area (Å²) in [7, 11) is 0. The van der Waals surface area contributed by atoms with E-state index in [0.717, 1.165) is 21.1 Å². The van der Waals surface area contributed by atoms with Crippen LogP contribution in [0.4, 0.5) is 4.39 Å². The van der Waals surface area contributed by atoms with Crippen molar-refractivity contribution in [3.8, 4) is 5.75 Å². The fourth-order valence-electron chi connectivity index (χ4n) is 3.47. The Morgan fingerprint density at radius 1 is 1.06 bits per heavy atom. The van der Waals surface area contributed by atoms with Crippen molar-refractivity contribution in [1.82, 2.24) is 25.2 Å². The Kier molecular flexibility index (Phi) is 11.3. The van der Waals surface area contributed by atoms with Gasteiger partial charge < -0.3 is 10.1 Å². The SMILES string of the molecule is CCN(CCNC(=O)c1cccc2nc3cc([125I])ccc3nc12)CCOc1cccnc1F.Cl.Cl. The van der Waals surface area contributed by atoms with Gasteiger partial charge >= 0.3 is 0 Å². The molecule has 0 saturated carbocycles. The molecule has 0 spiro atoms. The van der Waals surface area contributed by atoms with Gasteiger partial charge in [0, 0.05) is 29.4 Å². The van der Waals surface area contributed by atoms with Crippen molar-refractivity contribution in [2.24, 2.45) is 0 Å². The minimum Gasteiger partial charge on any atom is -0.487 e. The summed E-state index contributed by atoms with van der Waals surface area (Å²) in [6.07, 6.45) is 1.38. The smallest absolute Gasteiger partial charge is 0.255 e. The van der Waals surface area contributed by atoms with Crippen molar-refractivity contribution in [2.75, 3.05) is 32.8 Å². The quantitative estimate of drug-likeness (QED) is 0.161. The van der Waals surface area contributed by atoms with E-state index in [4.69, 9.17) is 4.74 Å². The van der Waals surface area contributed by atoms with Gasteiger partial charge in [-0.1, -0.05) is 13.0 Å². The zero-order valence-corrected chi connectivity index (χ0v) is 22.7. The minimum atomic E-state index is -0.617. The van der Waals surface area contributed by atoms with Crippen LogP contribution in [0.2, 0.25) is 0 Å². The maximum absolute atomic E-state index is 13.6. The van der Waals surface area contributed by atoms with E-state index in [1.807, 2.05) is 37.3 Å². The lowest BCUT2D eigenvalue weighted by Crippen LogP contribution is -2.37. The molecule has 2 aromatic carbocycles. The number of hydrogen-bond acceptors (Lipinski definition) is 6. The van der Waals surface area contributed by atoms with Crippen molar-refractivity contribution < 1.29 is 13.9 Å². The van der Waals surface area contributed by atoms with Crippen LogP contribution in [0.15, 0.2) is 54.7 Å². The average molecular weight is 630 g/mol. The summed E-state index contributed by atoms with van der Waals surface area (Å²) < 4.78 is 20.1. The molecule has 11 heteroatoms. The molecule has 0 unspecified atom stereocenters. The molecule has 0 aliphatic carbocycles. The average Bonchev–Trinajstić information content (AvgIpc) is 2.82. The van der Waals surface area contributed by atoms with Gasteiger partial charge in [0.15, 0.2) is 5.75 Å². The molecule has 0 radical (unpaired) electrons. The lowest BCUT2D eigenvalue weighted by molar-refractivity contribution is 0.0949. The van der Waals surface area contributed by atoms with E-state index >= 15 is 0 Å². The molecule has 0 aliphatic heterocycles. The predicted octanol–water partition coefficient (Wildman–Crippen LogP) is 4.90. The molecule has 7 nitrogen and oxygen atoms in total. The lowest BCUT2D eigenvalue weighted by atomic mass is 10.1. The highest BCUT2D eigenvalue weighted by Crippen LogP contribution is 2.21. The highest BCUT2D eigenvalue weighted by atomic mass is 125. The van der Waals surface area contributed by atoms with E-state index in [0.29, 0.717) is 42.8 Å². The number of para-hydroxylation sites is 1. The molecule has 0 saturated heterocycles. The molecule has 1 amide bonds. The summed E-state index contributed by atoms with van der Waals surface area (Å²) in [5.41, 5.74) is 3.33. The molecule has 35 heavy (non-hydrogen) atoms. The number of carbonyl (C=O) groups is 1. The van der Waals surface area contributed by atoms with Gasteiger partial charge in [0.25, 0.3) is 11.9 Å². The maximum Gasteiger partial charge on any atom is 0.255 e. The largest absolute Gasteiger partial charge is 0.487 e. The molecule has 4 aromatic rings. The number of aromatic nitrogens is 3. The molecule has 0 bridgehead atoms. The number of nitrogens with zero attached hydrogens (tertiary/aromatic N) is 4. The Bertz CT molecular complexity index is 1300. The van der Waals surface area contributed by atoms with Crippen LogP contribution >= 0.6 is 47.4 Å². The zero-order valence-electron chi connectivity index (χ0n) is 18.9. The molecule has 2 aromatic heterocycles. The van der Waals surface area contributed by atoms with Crippen molar-refractivity contribution in [3.05, 3.63) is 69.8 Å². The van der Waals surface area contributed by atoms with Gasteiger partial charge in [0.1, 0.15) is 12.1 Å². The van der Waals surface area contributed by atoms with Crippen molar-refractivity contribution in [2.45, 2.75) is 6.92 Å². The van der Waals surface area contributed by atoms with Gasteiger partial charge in [-0.05, 0) is 71.6 Å². The number of pyridine rings is 1. The highest BCUT2D eigenvalue weighted by Gasteiger charge is 2.13. The maximum atomic E-state index is 13.6. The van der Waals surface area contributed by atoms with Crippen molar-refractivity contribution >= 4 is 75.4 Å². The van der Waals surface area contributed by atoms with E-state index in [2.05, 4.69) is 47.8 Å². The monoisotopic (exact) mass is 629 g/mol. The summed E-state index contributed by atoms with van der Waals surface area (Å²) in [4.78, 5) is 27.9. The Morgan fingerprint density at radius 2 is 1.89 bits per heavy atom. The molecule has 4 rings (SSSR count). The summed E-state index contributed by atoms with van der Waals surface area (Å²) in [6, 6.07) is 14.5. The second-order valence-corrected chi connectivity index (χ2v) is 8.61. The van der Waals surface area contributed by atoms with E-state index in [1.54, 1.807) is 18.2 Å². The number of nitrogens with one attached hydrogen (secondary N) is 1. The van der Waals surface area contributed by atoms with Gasteiger partial charge in [0.2, 0.25) is 0 Å². The second-order valence-electron chi connectivity index (χ2n) is 7.36. The first-order chi connectivity index (χ1) is 16.0. The number of amides is 1. The fraction of sp³-hybridized carbons (Fsp3) is 0.250. The molecule has 0 fully saturated rings. The van der Waals surface area contributed by atoms with Gasteiger partial charge in [0.05, 0.1) is 22.1 Å². The summed E-state index contributed by atoms with van der Waals surface area (Å²) in [5.74, 6) is -0.667. The number of likely N-dealkylation sites (N-methyl/N-ethyl adjacent to an activating group) is 1. The van der Waals surface area contributed by atoms with Gasteiger partial charge in [-0.15, -0.1) is 24.8 Å². The molecule has 2 heterocycles.